The number of hydrogen-bond donors (Lipinski definition) is 2. The van der Waals surface area contributed by atoms with E-state index in [4.69, 9.17) is 0 Å². The van der Waals surface area contributed by atoms with E-state index in [1.807, 2.05) is 18.2 Å². The van der Waals surface area contributed by atoms with Gasteiger partial charge in [0.2, 0.25) is 0 Å². The van der Waals surface area contributed by atoms with Crippen LogP contribution in [0.3, 0.4) is 0 Å². The number of nitrogens with one attached hydrogen (secondary N) is 1. The first kappa shape index (κ1) is 18.1. The number of aromatic hydroxyl groups is 1. The molecule has 27 heavy (non-hydrogen) atoms. The molecular weight excluding hydrogens is 338 g/mol. The van der Waals surface area contributed by atoms with Crippen molar-refractivity contribution in [2.45, 2.75) is 6.54 Å². The van der Waals surface area contributed by atoms with Crippen LogP contribution in [0, 0.1) is 0 Å². The van der Waals surface area contributed by atoms with Gasteiger partial charge in [-0.3, -0.25) is 9.59 Å². The topological polar surface area (TPSA) is 66.4 Å². The first-order chi connectivity index (χ1) is 13.1. The summed E-state index contributed by atoms with van der Waals surface area (Å²) in [5, 5.41) is 12.1. The predicted molar refractivity (Wildman–Crippen MR) is 106 cm³/mol. The lowest BCUT2D eigenvalue weighted by Crippen LogP contribution is -2.22. The average molecular weight is 357 g/mol. The van der Waals surface area contributed by atoms with E-state index in [2.05, 4.69) is 5.32 Å². The van der Waals surface area contributed by atoms with E-state index < -0.39 is 0 Å². The van der Waals surface area contributed by atoms with Crippen LogP contribution in [0.4, 0.5) is 0 Å². The molecule has 0 aliphatic heterocycles. The Balaban J connectivity index is 1.57. The molecule has 0 saturated carbocycles. The van der Waals surface area contributed by atoms with Crippen molar-refractivity contribution in [1.29, 1.82) is 0 Å². The van der Waals surface area contributed by atoms with Crippen molar-refractivity contribution < 1.29 is 14.7 Å². The molecule has 0 aliphatic carbocycles. The fourth-order valence-electron chi connectivity index (χ4n) is 2.51. The van der Waals surface area contributed by atoms with E-state index in [9.17, 15) is 14.7 Å². The van der Waals surface area contributed by atoms with Gasteiger partial charge < -0.3 is 10.4 Å². The lowest BCUT2D eigenvalue weighted by molar-refractivity contribution is 0.0950. The number of rotatable bonds is 6. The molecule has 134 valence electrons. The van der Waals surface area contributed by atoms with Crippen LogP contribution < -0.4 is 5.32 Å². The predicted octanol–water partition coefficient (Wildman–Crippen LogP) is 4.22. The Morgan fingerprint density at radius 2 is 1.48 bits per heavy atom. The molecule has 0 bridgehead atoms. The minimum absolute atomic E-state index is 0.0636. The third-order valence-electron chi connectivity index (χ3n) is 4.05. The fraction of sp³-hybridized carbons (Fsp3) is 0.0435. The summed E-state index contributed by atoms with van der Waals surface area (Å²) in [5.41, 5.74) is 2.92. The van der Waals surface area contributed by atoms with Crippen LogP contribution in [-0.4, -0.2) is 16.8 Å². The van der Waals surface area contributed by atoms with Gasteiger partial charge in [-0.05, 0) is 41.5 Å². The normalized spacial score (nSPS) is 10.7. The second-order valence-corrected chi connectivity index (χ2v) is 6.03. The smallest absolute Gasteiger partial charge is 0.251 e. The molecule has 4 nitrogen and oxygen atoms in total. The first-order valence-electron chi connectivity index (χ1n) is 8.55. The Bertz CT molecular complexity index is 943. The second-order valence-electron chi connectivity index (χ2n) is 6.03. The van der Waals surface area contributed by atoms with Crippen molar-refractivity contribution in [2.24, 2.45) is 0 Å². The van der Waals surface area contributed by atoms with Crippen LogP contribution in [0.15, 0.2) is 84.9 Å². The zero-order valence-electron chi connectivity index (χ0n) is 14.6. The van der Waals surface area contributed by atoms with Crippen LogP contribution in [0.1, 0.15) is 31.8 Å². The maximum atomic E-state index is 12.2. The van der Waals surface area contributed by atoms with E-state index in [1.165, 1.54) is 6.08 Å². The van der Waals surface area contributed by atoms with Gasteiger partial charge in [0.1, 0.15) is 5.75 Å². The second kappa shape index (κ2) is 8.63. The number of phenols is 1. The summed E-state index contributed by atoms with van der Waals surface area (Å²) in [6, 6.07) is 22.8. The Kier molecular flexibility index (Phi) is 5.80. The lowest BCUT2D eigenvalue weighted by Gasteiger charge is -2.06. The van der Waals surface area contributed by atoms with Gasteiger partial charge in [0.25, 0.3) is 5.91 Å². The van der Waals surface area contributed by atoms with Crippen LogP contribution in [0.5, 0.6) is 5.75 Å². The van der Waals surface area contributed by atoms with Crippen molar-refractivity contribution in [3.63, 3.8) is 0 Å². The highest BCUT2D eigenvalue weighted by atomic mass is 16.3. The lowest BCUT2D eigenvalue weighted by atomic mass is 10.1. The number of amides is 1. The molecule has 3 rings (SSSR count). The van der Waals surface area contributed by atoms with E-state index in [0.717, 1.165) is 11.1 Å². The summed E-state index contributed by atoms with van der Waals surface area (Å²) in [5.74, 6) is -0.0512. The molecule has 0 radical (unpaired) electrons. The van der Waals surface area contributed by atoms with Gasteiger partial charge in [-0.1, -0.05) is 60.7 Å². The molecule has 0 saturated heterocycles. The van der Waals surface area contributed by atoms with Gasteiger partial charge in [0.15, 0.2) is 5.78 Å². The fourth-order valence-corrected chi connectivity index (χ4v) is 2.51. The third-order valence-corrected chi connectivity index (χ3v) is 4.05. The van der Waals surface area contributed by atoms with Gasteiger partial charge in [-0.25, -0.2) is 0 Å². The van der Waals surface area contributed by atoms with Gasteiger partial charge >= 0.3 is 0 Å². The molecular formula is C23H19NO3. The Labute approximate surface area is 157 Å². The molecule has 3 aromatic rings. The molecule has 2 N–H and O–H groups in total. The Hall–Kier alpha value is -3.66. The van der Waals surface area contributed by atoms with Crippen LogP contribution in [0.25, 0.3) is 6.08 Å². The SMILES string of the molecule is O=C(C=Cc1ccc(C(=O)NCc2ccc(O)cc2)cc1)c1ccccc1. The highest BCUT2D eigenvalue weighted by Crippen LogP contribution is 2.11. The minimum Gasteiger partial charge on any atom is -0.508 e. The highest BCUT2D eigenvalue weighted by Gasteiger charge is 2.05. The molecule has 1 amide bonds. The standard InChI is InChI=1S/C23H19NO3/c25-21-13-8-18(9-14-21)16-24-23(27)20-11-6-17(7-12-20)10-15-22(26)19-4-2-1-3-5-19/h1-15,25H,16H2,(H,24,27). The number of phenolic OH excluding ortho intramolecular Hbond substituents is 1. The van der Waals surface area contributed by atoms with Crippen molar-refractivity contribution in [1.82, 2.24) is 5.32 Å². The molecule has 0 unspecified atom stereocenters. The van der Waals surface area contributed by atoms with E-state index in [0.29, 0.717) is 17.7 Å². The molecule has 0 spiro atoms. The number of benzene rings is 3. The zero-order valence-corrected chi connectivity index (χ0v) is 14.6. The monoisotopic (exact) mass is 357 g/mol. The molecule has 4 heteroatoms. The average Bonchev–Trinajstić information content (AvgIpc) is 2.72. The van der Waals surface area contributed by atoms with Gasteiger partial charge in [-0.15, -0.1) is 0 Å². The minimum atomic E-state index is -0.182. The van der Waals surface area contributed by atoms with Gasteiger partial charge in [-0.2, -0.15) is 0 Å². The molecule has 0 fully saturated rings. The number of allylic oxidation sites excluding steroid dienone is 1. The summed E-state index contributed by atoms with van der Waals surface area (Å²) in [4.78, 5) is 24.3. The maximum Gasteiger partial charge on any atom is 0.251 e. The van der Waals surface area contributed by atoms with Crippen molar-refractivity contribution >= 4 is 17.8 Å². The van der Waals surface area contributed by atoms with Crippen molar-refractivity contribution in [3.05, 3.63) is 107 Å². The molecule has 3 aromatic carbocycles. The summed E-state index contributed by atoms with van der Waals surface area (Å²) in [6.45, 7) is 0.381. The summed E-state index contributed by atoms with van der Waals surface area (Å²) < 4.78 is 0. The number of hydrogen-bond acceptors (Lipinski definition) is 3. The first-order valence-corrected chi connectivity index (χ1v) is 8.55. The Morgan fingerprint density at radius 1 is 0.815 bits per heavy atom. The summed E-state index contributed by atoms with van der Waals surface area (Å²) >= 11 is 0. The molecule has 0 aromatic heterocycles. The van der Waals surface area contributed by atoms with E-state index in [-0.39, 0.29) is 17.4 Å². The largest absolute Gasteiger partial charge is 0.508 e. The van der Waals surface area contributed by atoms with Crippen LogP contribution in [-0.2, 0) is 6.54 Å². The van der Waals surface area contributed by atoms with Crippen LogP contribution >= 0.6 is 0 Å². The zero-order chi connectivity index (χ0) is 19.1. The van der Waals surface area contributed by atoms with E-state index >= 15 is 0 Å². The molecule has 0 atom stereocenters. The van der Waals surface area contributed by atoms with Crippen LogP contribution in [0.2, 0.25) is 0 Å². The molecule has 0 heterocycles. The summed E-state index contributed by atoms with van der Waals surface area (Å²) in [7, 11) is 0. The van der Waals surface area contributed by atoms with Gasteiger partial charge in [0, 0.05) is 17.7 Å². The number of ketones is 1. The quantitative estimate of drug-likeness (QED) is 0.513. The Morgan fingerprint density at radius 3 is 2.15 bits per heavy atom. The maximum absolute atomic E-state index is 12.2. The van der Waals surface area contributed by atoms with Gasteiger partial charge in [0.05, 0.1) is 0 Å². The van der Waals surface area contributed by atoms with Crippen molar-refractivity contribution in [2.75, 3.05) is 0 Å². The molecule has 0 aliphatic rings. The highest BCUT2D eigenvalue weighted by molar-refractivity contribution is 6.06. The van der Waals surface area contributed by atoms with Crippen molar-refractivity contribution in [3.8, 4) is 5.75 Å². The number of carbonyl (C=O) groups is 2. The third kappa shape index (κ3) is 5.16. The van der Waals surface area contributed by atoms with E-state index in [1.54, 1.807) is 66.7 Å². The number of carbonyl (C=O) groups excluding carboxylic acids is 2. The summed E-state index contributed by atoms with van der Waals surface area (Å²) in [6.07, 6.45) is 3.25.